The van der Waals surface area contributed by atoms with Crippen molar-refractivity contribution in [1.29, 1.82) is 0 Å². The Labute approximate surface area is 171 Å². The molecule has 0 spiro atoms. The second-order valence-corrected chi connectivity index (χ2v) is 6.67. The van der Waals surface area contributed by atoms with Crippen LogP contribution in [0.5, 0.6) is 5.75 Å². The molecule has 3 aromatic rings. The van der Waals surface area contributed by atoms with E-state index < -0.39 is 5.82 Å². The summed E-state index contributed by atoms with van der Waals surface area (Å²) in [6, 6.07) is 12.9. The van der Waals surface area contributed by atoms with Crippen LogP contribution in [0, 0.1) is 5.82 Å². The van der Waals surface area contributed by atoms with Gasteiger partial charge in [0.1, 0.15) is 11.6 Å². The van der Waals surface area contributed by atoms with Crippen molar-refractivity contribution in [3.8, 4) is 17.0 Å². The third-order valence-electron chi connectivity index (χ3n) is 4.34. The molecule has 0 unspecified atom stereocenters. The molecule has 1 amide bonds. The summed E-state index contributed by atoms with van der Waals surface area (Å²) < 4.78 is 20.3. The molecule has 1 N–H and O–H groups in total. The number of amides is 1. The Kier molecular flexibility index (Phi) is 6.61. The zero-order valence-electron chi connectivity index (χ0n) is 15.7. The molecule has 0 fully saturated rings. The molecule has 3 rings (SSSR count). The first-order valence-electron chi connectivity index (χ1n) is 8.88. The molecule has 2 aromatic carbocycles. The lowest BCUT2D eigenvalue weighted by Crippen LogP contribution is -2.32. The molecule has 150 valence electrons. The number of aromatic nitrogens is 2. The standard InChI is InChI=1S/C21H19ClFN3O3/c1-29-15-7-5-14(6-8-15)19-12-21(28)26(13-25-19)10-9-24-20(27)11-16-17(22)3-2-4-18(16)23/h2-8,12-13H,9-11H2,1H3,(H,24,27). The summed E-state index contributed by atoms with van der Waals surface area (Å²) >= 11 is 5.93. The Balaban J connectivity index is 1.58. The van der Waals surface area contributed by atoms with Gasteiger partial charge in [-0.1, -0.05) is 17.7 Å². The van der Waals surface area contributed by atoms with Gasteiger partial charge in [0.05, 0.1) is 25.6 Å². The van der Waals surface area contributed by atoms with Crippen molar-refractivity contribution >= 4 is 17.5 Å². The fraction of sp³-hybridized carbons (Fsp3) is 0.190. The highest BCUT2D eigenvalue weighted by Gasteiger charge is 2.11. The van der Waals surface area contributed by atoms with Gasteiger partial charge < -0.3 is 10.1 Å². The van der Waals surface area contributed by atoms with Crippen molar-refractivity contribution in [2.24, 2.45) is 0 Å². The van der Waals surface area contributed by atoms with E-state index in [-0.39, 0.29) is 41.6 Å². The quantitative estimate of drug-likeness (QED) is 0.643. The number of nitrogens with zero attached hydrogens (tertiary/aromatic N) is 2. The zero-order chi connectivity index (χ0) is 20.8. The van der Waals surface area contributed by atoms with Crippen LogP contribution in [-0.4, -0.2) is 29.1 Å². The number of carbonyl (C=O) groups excluding carboxylic acids is 1. The molecule has 0 saturated carbocycles. The van der Waals surface area contributed by atoms with Crippen LogP contribution in [0.25, 0.3) is 11.3 Å². The van der Waals surface area contributed by atoms with Gasteiger partial charge in [-0.3, -0.25) is 14.2 Å². The molecule has 0 aliphatic heterocycles. The van der Waals surface area contributed by atoms with Gasteiger partial charge in [0.25, 0.3) is 5.56 Å². The summed E-state index contributed by atoms with van der Waals surface area (Å²) in [5.41, 5.74) is 1.25. The number of carbonyl (C=O) groups is 1. The molecule has 8 heteroatoms. The lowest BCUT2D eigenvalue weighted by Gasteiger charge is -2.09. The number of rotatable bonds is 7. The summed E-state index contributed by atoms with van der Waals surface area (Å²) in [5.74, 6) is -0.190. The molecule has 0 aliphatic carbocycles. The van der Waals surface area contributed by atoms with Crippen LogP contribution in [0.3, 0.4) is 0 Å². The number of benzene rings is 2. The van der Waals surface area contributed by atoms with Gasteiger partial charge in [0, 0.05) is 35.3 Å². The van der Waals surface area contributed by atoms with Crippen LogP contribution < -0.4 is 15.6 Å². The van der Waals surface area contributed by atoms with Gasteiger partial charge in [-0.2, -0.15) is 0 Å². The van der Waals surface area contributed by atoms with E-state index in [9.17, 15) is 14.0 Å². The van der Waals surface area contributed by atoms with Crippen LogP contribution in [0.4, 0.5) is 4.39 Å². The maximum Gasteiger partial charge on any atom is 0.253 e. The monoisotopic (exact) mass is 415 g/mol. The molecular formula is C21H19ClFN3O3. The Hall–Kier alpha value is -3.19. The van der Waals surface area contributed by atoms with Crippen LogP contribution >= 0.6 is 11.6 Å². The third-order valence-corrected chi connectivity index (χ3v) is 4.69. The third kappa shape index (κ3) is 5.20. The molecule has 1 heterocycles. The van der Waals surface area contributed by atoms with E-state index in [1.807, 2.05) is 12.1 Å². The largest absolute Gasteiger partial charge is 0.497 e. The van der Waals surface area contributed by atoms with Gasteiger partial charge in [0.15, 0.2) is 0 Å². The summed E-state index contributed by atoms with van der Waals surface area (Å²) in [6.07, 6.45) is 1.26. The van der Waals surface area contributed by atoms with E-state index in [0.717, 1.165) is 11.3 Å². The number of halogens is 2. The summed E-state index contributed by atoms with van der Waals surface area (Å²) in [7, 11) is 1.58. The molecule has 6 nitrogen and oxygen atoms in total. The highest BCUT2D eigenvalue weighted by Crippen LogP contribution is 2.20. The van der Waals surface area contributed by atoms with Gasteiger partial charge >= 0.3 is 0 Å². The van der Waals surface area contributed by atoms with Gasteiger partial charge in [-0.15, -0.1) is 0 Å². The van der Waals surface area contributed by atoms with Crippen molar-refractivity contribution in [2.45, 2.75) is 13.0 Å². The topological polar surface area (TPSA) is 73.2 Å². The minimum Gasteiger partial charge on any atom is -0.497 e. The van der Waals surface area contributed by atoms with E-state index in [4.69, 9.17) is 16.3 Å². The van der Waals surface area contributed by atoms with Crippen molar-refractivity contribution in [1.82, 2.24) is 14.9 Å². The number of hydrogen-bond acceptors (Lipinski definition) is 4. The summed E-state index contributed by atoms with van der Waals surface area (Å²) in [4.78, 5) is 28.6. The number of methoxy groups -OCH3 is 1. The molecule has 0 radical (unpaired) electrons. The van der Waals surface area contributed by atoms with E-state index in [0.29, 0.717) is 5.69 Å². The Morgan fingerprint density at radius 2 is 2.00 bits per heavy atom. The SMILES string of the molecule is COc1ccc(-c2cc(=O)n(CCNC(=O)Cc3c(F)cccc3Cl)cn2)cc1. The molecule has 29 heavy (non-hydrogen) atoms. The summed E-state index contributed by atoms with van der Waals surface area (Å²) in [6.45, 7) is 0.444. The first kappa shape index (κ1) is 20.5. The first-order chi connectivity index (χ1) is 14.0. The minimum atomic E-state index is -0.526. The van der Waals surface area contributed by atoms with Crippen LogP contribution in [0.15, 0.2) is 59.7 Å². The normalized spacial score (nSPS) is 10.6. The van der Waals surface area contributed by atoms with Crippen LogP contribution in [0.2, 0.25) is 5.02 Å². The Morgan fingerprint density at radius 3 is 2.66 bits per heavy atom. The highest BCUT2D eigenvalue weighted by atomic mass is 35.5. The molecule has 0 atom stereocenters. The average molecular weight is 416 g/mol. The van der Waals surface area contributed by atoms with E-state index in [1.165, 1.54) is 35.2 Å². The fourth-order valence-corrected chi connectivity index (χ4v) is 2.98. The van der Waals surface area contributed by atoms with Gasteiger partial charge in [-0.05, 0) is 36.4 Å². The minimum absolute atomic E-state index is 0.148. The second-order valence-electron chi connectivity index (χ2n) is 6.26. The van der Waals surface area contributed by atoms with Crippen molar-refractivity contribution in [3.05, 3.63) is 81.6 Å². The highest BCUT2D eigenvalue weighted by molar-refractivity contribution is 6.31. The van der Waals surface area contributed by atoms with Crippen molar-refractivity contribution in [2.75, 3.05) is 13.7 Å². The predicted octanol–water partition coefficient (Wildman–Crippen LogP) is 3.07. The second kappa shape index (κ2) is 9.34. The average Bonchev–Trinajstić information content (AvgIpc) is 2.72. The van der Waals surface area contributed by atoms with Crippen LogP contribution in [0.1, 0.15) is 5.56 Å². The van der Waals surface area contributed by atoms with Gasteiger partial charge in [0.2, 0.25) is 5.91 Å². The van der Waals surface area contributed by atoms with Crippen LogP contribution in [-0.2, 0) is 17.8 Å². The molecule has 0 bridgehead atoms. The van der Waals surface area contributed by atoms with Gasteiger partial charge in [-0.25, -0.2) is 9.37 Å². The zero-order valence-corrected chi connectivity index (χ0v) is 16.4. The van der Waals surface area contributed by atoms with Crippen molar-refractivity contribution in [3.63, 3.8) is 0 Å². The predicted molar refractivity (Wildman–Crippen MR) is 109 cm³/mol. The molecular weight excluding hydrogens is 397 g/mol. The number of hydrogen-bond donors (Lipinski definition) is 1. The Morgan fingerprint density at radius 1 is 1.24 bits per heavy atom. The van der Waals surface area contributed by atoms with E-state index in [1.54, 1.807) is 19.2 Å². The molecule has 0 aliphatic rings. The maximum atomic E-state index is 13.7. The lowest BCUT2D eigenvalue weighted by atomic mass is 10.1. The van der Waals surface area contributed by atoms with E-state index >= 15 is 0 Å². The fourth-order valence-electron chi connectivity index (χ4n) is 2.75. The molecule has 0 saturated heterocycles. The maximum absolute atomic E-state index is 13.7. The number of ether oxygens (including phenoxy) is 1. The smallest absolute Gasteiger partial charge is 0.253 e. The molecule has 1 aromatic heterocycles. The van der Waals surface area contributed by atoms with E-state index in [2.05, 4.69) is 10.3 Å². The van der Waals surface area contributed by atoms with Crippen molar-refractivity contribution < 1.29 is 13.9 Å². The first-order valence-corrected chi connectivity index (χ1v) is 9.26. The lowest BCUT2D eigenvalue weighted by molar-refractivity contribution is -0.120. The number of nitrogens with one attached hydrogen (secondary N) is 1. The Bertz CT molecular complexity index is 1050. The summed E-state index contributed by atoms with van der Waals surface area (Å²) in [5, 5.41) is 2.86.